The molecule has 3 aromatic carbocycles. The van der Waals surface area contributed by atoms with E-state index < -0.39 is 0 Å². The maximum Gasteiger partial charge on any atom is 0.293 e. The summed E-state index contributed by atoms with van der Waals surface area (Å²) < 4.78 is 6.70. The van der Waals surface area contributed by atoms with E-state index in [0.717, 1.165) is 32.9 Å². The highest BCUT2D eigenvalue weighted by atomic mass is 79.9. The molecule has 2 amide bonds. The Kier molecular flexibility index (Phi) is 7.26. The van der Waals surface area contributed by atoms with E-state index in [2.05, 4.69) is 15.9 Å². The Bertz CT molecular complexity index is 1230. The molecule has 0 radical (unpaired) electrons. The van der Waals surface area contributed by atoms with Gasteiger partial charge in [-0.1, -0.05) is 75.5 Å². The normalized spacial score (nSPS) is 15.0. The molecule has 0 aromatic heterocycles. The lowest BCUT2D eigenvalue weighted by molar-refractivity contribution is -0.123. The van der Waals surface area contributed by atoms with Crippen molar-refractivity contribution in [2.24, 2.45) is 0 Å². The Labute approximate surface area is 208 Å². The summed E-state index contributed by atoms with van der Waals surface area (Å²) in [6, 6.07) is 20.1. The second-order valence-corrected chi connectivity index (χ2v) is 9.65. The highest BCUT2D eigenvalue weighted by Crippen LogP contribution is 2.34. The highest BCUT2D eigenvalue weighted by Gasteiger charge is 2.35. The van der Waals surface area contributed by atoms with Crippen LogP contribution in [0, 0.1) is 0 Å². The van der Waals surface area contributed by atoms with E-state index in [1.54, 1.807) is 18.2 Å². The number of ether oxygens (including phenoxy) is 1. The van der Waals surface area contributed by atoms with E-state index in [0.29, 0.717) is 20.7 Å². The zero-order valence-electron chi connectivity index (χ0n) is 16.6. The Hall–Kier alpha value is -2.25. The first-order chi connectivity index (χ1) is 15.4. The summed E-state index contributed by atoms with van der Waals surface area (Å²) in [5.74, 6) is 0.312. The monoisotopic (exact) mass is 547 g/mol. The van der Waals surface area contributed by atoms with Crippen LogP contribution in [0.1, 0.15) is 16.7 Å². The van der Waals surface area contributed by atoms with Crippen molar-refractivity contribution in [2.45, 2.75) is 13.2 Å². The number of amides is 2. The minimum atomic E-state index is -0.310. The third-order valence-electron chi connectivity index (χ3n) is 4.73. The standard InChI is InChI=1S/C24H16BrCl2NO3S/c25-20-7-2-1-5-16(20)13-28-23(29)22(32-24(28)30)11-15-4-3-6-19(10-15)31-14-17-8-9-18(26)12-21(17)27/h1-12H,13-14H2/b22-11-. The van der Waals surface area contributed by atoms with Gasteiger partial charge in [-0.05, 0) is 59.3 Å². The smallest absolute Gasteiger partial charge is 0.293 e. The first-order valence-electron chi connectivity index (χ1n) is 9.56. The molecule has 0 saturated carbocycles. The van der Waals surface area contributed by atoms with Gasteiger partial charge in [0.25, 0.3) is 11.1 Å². The maximum absolute atomic E-state index is 12.8. The van der Waals surface area contributed by atoms with Gasteiger partial charge in [0.1, 0.15) is 12.4 Å². The molecule has 0 aliphatic carbocycles. The van der Waals surface area contributed by atoms with Gasteiger partial charge in [-0.3, -0.25) is 14.5 Å². The molecule has 0 spiro atoms. The molecule has 1 heterocycles. The number of carbonyl (C=O) groups is 2. The average Bonchev–Trinajstić information content (AvgIpc) is 3.02. The lowest BCUT2D eigenvalue weighted by atomic mass is 10.2. The molecule has 0 N–H and O–H groups in total. The van der Waals surface area contributed by atoms with Crippen molar-refractivity contribution in [1.29, 1.82) is 0 Å². The number of hydrogen-bond donors (Lipinski definition) is 0. The Balaban J connectivity index is 1.47. The molecular formula is C24H16BrCl2NO3S. The lowest BCUT2D eigenvalue weighted by Crippen LogP contribution is -2.27. The molecule has 1 fully saturated rings. The van der Waals surface area contributed by atoms with Crippen LogP contribution in [-0.4, -0.2) is 16.0 Å². The summed E-state index contributed by atoms with van der Waals surface area (Å²) in [4.78, 5) is 26.9. The molecule has 0 bridgehead atoms. The predicted molar refractivity (Wildman–Crippen MR) is 133 cm³/mol. The molecule has 1 saturated heterocycles. The van der Waals surface area contributed by atoms with Crippen LogP contribution >= 0.6 is 50.9 Å². The molecule has 162 valence electrons. The molecule has 1 aliphatic heterocycles. The van der Waals surface area contributed by atoms with E-state index in [4.69, 9.17) is 27.9 Å². The Morgan fingerprint density at radius 1 is 0.969 bits per heavy atom. The van der Waals surface area contributed by atoms with Gasteiger partial charge in [0.05, 0.1) is 11.4 Å². The second-order valence-electron chi connectivity index (χ2n) is 6.96. The van der Waals surface area contributed by atoms with E-state index >= 15 is 0 Å². The van der Waals surface area contributed by atoms with Crippen LogP contribution < -0.4 is 4.74 Å². The van der Waals surface area contributed by atoms with Crippen LogP contribution in [0.5, 0.6) is 5.75 Å². The summed E-state index contributed by atoms with van der Waals surface area (Å²) in [6.45, 7) is 0.496. The molecule has 4 rings (SSSR count). The minimum absolute atomic E-state index is 0.217. The number of nitrogens with zero attached hydrogens (tertiary/aromatic N) is 1. The minimum Gasteiger partial charge on any atom is -0.489 e. The fourth-order valence-electron chi connectivity index (χ4n) is 3.08. The Morgan fingerprint density at radius 2 is 1.78 bits per heavy atom. The van der Waals surface area contributed by atoms with Gasteiger partial charge in [-0.2, -0.15) is 0 Å². The lowest BCUT2D eigenvalue weighted by Gasteiger charge is -2.13. The molecule has 8 heteroatoms. The number of rotatable bonds is 6. The summed E-state index contributed by atoms with van der Waals surface area (Å²) >= 11 is 16.5. The zero-order valence-corrected chi connectivity index (χ0v) is 20.5. The summed E-state index contributed by atoms with van der Waals surface area (Å²) in [7, 11) is 0. The molecule has 32 heavy (non-hydrogen) atoms. The van der Waals surface area contributed by atoms with Crippen molar-refractivity contribution < 1.29 is 14.3 Å². The zero-order chi connectivity index (χ0) is 22.7. The SMILES string of the molecule is O=C1S/C(=C\c2cccc(OCc3ccc(Cl)cc3Cl)c2)C(=O)N1Cc1ccccc1Br. The van der Waals surface area contributed by atoms with Crippen molar-refractivity contribution in [3.63, 3.8) is 0 Å². The van der Waals surface area contributed by atoms with Crippen LogP contribution in [0.3, 0.4) is 0 Å². The van der Waals surface area contributed by atoms with Gasteiger partial charge in [0.2, 0.25) is 0 Å². The first kappa shape index (κ1) is 22.9. The fourth-order valence-corrected chi connectivity index (χ4v) is 4.79. The van der Waals surface area contributed by atoms with Gasteiger partial charge in [-0.25, -0.2) is 0 Å². The number of carbonyl (C=O) groups excluding carboxylic acids is 2. The van der Waals surface area contributed by atoms with Gasteiger partial charge in [0, 0.05) is 20.1 Å². The Morgan fingerprint density at radius 3 is 2.56 bits per heavy atom. The third kappa shape index (κ3) is 5.38. The summed E-state index contributed by atoms with van der Waals surface area (Å²) in [5.41, 5.74) is 2.44. The summed E-state index contributed by atoms with van der Waals surface area (Å²) in [6.07, 6.45) is 1.70. The topological polar surface area (TPSA) is 46.6 Å². The number of hydrogen-bond acceptors (Lipinski definition) is 4. The highest BCUT2D eigenvalue weighted by molar-refractivity contribution is 9.10. The molecular weight excluding hydrogens is 533 g/mol. The number of halogens is 3. The van der Waals surface area contributed by atoms with Gasteiger partial charge < -0.3 is 4.74 Å². The molecule has 0 unspecified atom stereocenters. The number of imide groups is 1. The van der Waals surface area contributed by atoms with Crippen molar-refractivity contribution in [2.75, 3.05) is 0 Å². The maximum atomic E-state index is 12.8. The number of thioether (sulfide) groups is 1. The van der Waals surface area contributed by atoms with E-state index in [1.165, 1.54) is 4.90 Å². The van der Waals surface area contributed by atoms with E-state index in [9.17, 15) is 9.59 Å². The largest absolute Gasteiger partial charge is 0.489 e. The molecule has 4 nitrogen and oxygen atoms in total. The van der Waals surface area contributed by atoms with Gasteiger partial charge >= 0.3 is 0 Å². The van der Waals surface area contributed by atoms with E-state index in [1.807, 2.05) is 54.6 Å². The van der Waals surface area contributed by atoms with Crippen LogP contribution in [-0.2, 0) is 17.9 Å². The number of benzene rings is 3. The second kappa shape index (κ2) is 10.1. The molecule has 1 aliphatic rings. The van der Waals surface area contributed by atoms with Crippen LogP contribution in [0.15, 0.2) is 76.1 Å². The van der Waals surface area contributed by atoms with Crippen LogP contribution in [0.2, 0.25) is 10.0 Å². The fraction of sp³-hybridized carbons (Fsp3) is 0.0833. The van der Waals surface area contributed by atoms with E-state index in [-0.39, 0.29) is 24.3 Å². The van der Waals surface area contributed by atoms with Crippen molar-refractivity contribution in [3.8, 4) is 5.75 Å². The first-order valence-corrected chi connectivity index (χ1v) is 11.9. The van der Waals surface area contributed by atoms with Gasteiger partial charge in [-0.15, -0.1) is 0 Å². The van der Waals surface area contributed by atoms with Crippen LogP contribution in [0.4, 0.5) is 4.79 Å². The van der Waals surface area contributed by atoms with Crippen molar-refractivity contribution in [3.05, 3.63) is 103 Å². The molecule has 3 aromatic rings. The van der Waals surface area contributed by atoms with Crippen molar-refractivity contribution >= 4 is 68.1 Å². The average molecular weight is 549 g/mol. The van der Waals surface area contributed by atoms with Crippen molar-refractivity contribution in [1.82, 2.24) is 4.90 Å². The van der Waals surface area contributed by atoms with Crippen LogP contribution in [0.25, 0.3) is 6.08 Å². The third-order valence-corrected chi connectivity index (χ3v) is 6.99. The van der Waals surface area contributed by atoms with Gasteiger partial charge in [0.15, 0.2) is 0 Å². The molecule has 0 atom stereocenters. The summed E-state index contributed by atoms with van der Waals surface area (Å²) in [5, 5.41) is 0.809. The quantitative estimate of drug-likeness (QED) is 0.298. The predicted octanol–water partition coefficient (Wildman–Crippen LogP) is 7.57.